The van der Waals surface area contributed by atoms with Crippen molar-refractivity contribution in [1.29, 1.82) is 0 Å². The van der Waals surface area contributed by atoms with Crippen molar-refractivity contribution in [2.75, 3.05) is 24.7 Å². The van der Waals surface area contributed by atoms with E-state index in [1.807, 2.05) is 20.8 Å². The van der Waals surface area contributed by atoms with Gasteiger partial charge in [-0.2, -0.15) is 0 Å². The molecule has 6 heteroatoms. The van der Waals surface area contributed by atoms with Gasteiger partial charge in [0.25, 0.3) is 5.92 Å². The van der Waals surface area contributed by atoms with Gasteiger partial charge >= 0.3 is 0 Å². The molecule has 45 heavy (non-hydrogen) atoms. The molecule has 2 aliphatic heterocycles. The monoisotopic (exact) mass is 665 g/mol. The summed E-state index contributed by atoms with van der Waals surface area (Å²) in [5.74, 6) is 5.18. The number of sulfone groups is 1. The summed E-state index contributed by atoms with van der Waals surface area (Å²) in [4.78, 5) is 0. The Bertz CT molecular complexity index is 844. The Morgan fingerprint density at radius 1 is 0.622 bits per heavy atom. The second-order valence-electron chi connectivity index (χ2n) is 16.6. The number of hydrogen-bond donors (Lipinski definition) is 0. The van der Waals surface area contributed by atoms with Gasteiger partial charge in [-0.3, -0.25) is 0 Å². The standard InChI is InChI=1S/C10H18F2.C10H20.C9H18O2S.C9H18O.CH4/c1-7(2)9-8(3)5-4-6-10(9,11)12;1-8(2)10-7-5-4-6-9(10)3;1-7(2)9-6-12(10,11)5-4-8(9)3;1-7(2)9-4-5-10-6-8(9)3;/h7-9H,4-6H2,1-3H3;8-10H,4-7H2,1-3H3;7-9H,4-6H2,1-3H3;7-9H,4-6H2,1-3H3;1H4. The van der Waals surface area contributed by atoms with Crippen molar-refractivity contribution in [2.24, 2.45) is 71.0 Å². The Labute approximate surface area is 281 Å². The number of alkyl halides is 2. The zero-order valence-electron chi connectivity index (χ0n) is 31.0. The summed E-state index contributed by atoms with van der Waals surface area (Å²) >= 11 is 0. The fourth-order valence-electron chi connectivity index (χ4n) is 8.76. The molecular weight excluding hydrogens is 586 g/mol. The Kier molecular flexibility index (Phi) is 20.9. The van der Waals surface area contributed by atoms with E-state index in [1.54, 1.807) is 0 Å². The fraction of sp³-hybridized carbons (Fsp3) is 1.00. The van der Waals surface area contributed by atoms with Crippen molar-refractivity contribution in [2.45, 2.75) is 154 Å². The molecule has 0 bridgehead atoms. The summed E-state index contributed by atoms with van der Waals surface area (Å²) < 4.78 is 54.7. The van der Waals surface area contributed by atoms with Crippen LogP contribution in [0, 0.1) is 71.0 Å². The summed E-state index contributed by atoms with van der Waals surface area (Å²) in [5, 5.41) is 0. The minimum absolute atomic E-state index is 0. The average molecular weight is 665 g/mol. The molecule has 2 saturated carbocycles. The Morgan fingerprint density at radius 3 is 1.49 bits per heavy atom. The third kappa shape index (κ3) is 15.7. The van der Waals surface area contributed by atoms with Gasteiger partial charge in [0.1, 0.15) is 0 Å². The maximum atomic E-state index is 13.4. The third-order valence-electron chi connectivity index (χ3n) is 11.5. The van der Waals surface area contributed by atoms with Gasteiger partial charge in [-0.25, -0.2) is 17.2 Å². The largest absolute Gasteiger partial charge is 0.381 e. The zero-order chi connectivity index (χ0) is 33.8. The van der Waals surface area contributed by atoms with E-state index < -0.39 is 21.7 Å². The predicted molar refractivity (Wildman–Crippen MR) is 193 cm³/mol. The molecule has 4 rings (SSSR count). The highest BCUT2D eigenvalue weighted by Gasteiger charge is 2.46. The van der Waals surface area contributed by atoms with E-state index >= 15 is 0 Å². The van der Waals surface area contributed by atoms with Crippen LogP contribution in [0.25, 0.3) is 0 Å². The van der Waals surface area contributed by atoms with Crippen LogP contribution in [0.5, 0.6) is 0 Å². The lowest BCUT2D eigenvalue weighted by Crippen LogP contribution is -2.40. The highest BCUT2D eigenvalue weighted by Crippen LogP contribution is 2.45. The predicted octanol–water partition coefficient (Wildman–Crippen LogP) is 11.8. The van der Waals surface area contributed by atoms with Gasteiger partial charge in [0.05, 0.1) is 11.5 Å². The molecule has 3 nitrogen and oxygen atoms in total. The zero-order valence-corrected chi connectivity index (χ0v) is 31.8. The van der Waals surface area contributed by atoms with Gasteiger partial charge < -0.3 is 4.74 Å². The molecule has 272 valence electrons. The lowest BCUT2D eigenvalue weighted by molar-refractivity contribution is -0.122. The quantitative estimate of drug-likeness (QED) is 0.300. The normalized spacial score (nSPS) is 34.4. The summed E-state index contributed by atoms with van der Waals surface area (Å²) in [7, 11) is -2.71. The van der Waals surface area contributed by atoms with E-state index in [0.29, 0.717) is 35.7 Å². The van der Waals surface area contributed by atoms with Crippen molar-refractivity contribution in [1.82, 2.24) is 0 Å². The maximum absolute atomic E-state index is 13.4. The number of halogens is 2. The molecule has 2 aliphatic carbocycles. The van der Waals surface area contributed by atoms with E-state index in [1.165, 1.54) is 32.1 Å². The average Bonchev–Trinajstić information content (AvgIpc) is 2.90. The van der Waals surface area contributed by atoms with E-state index in [9.17, 15) is 17.2 Å². The molecule has 2 saturated heterocycles. The van der Waals surface area contributed by atoms with E-state index in [4.69, 9.17) is 4.74 Å². The fourth-order valence-corrected chi connectivity index (χ4v) is 11.0. The Hall–Kier alpha value is -0.230. The molecule has 2 heterocycles. The molecule has 0 spiro atoms. The van der Waals surface area contributed by atoms with Crippen molar-refractivity contribution < 1.29 is 21.9 Å². The van der Waals surface area contributed by atoms with Crippen molar-refractivity contribution in [3.8, 4) is 0 Å². The molecule has 8 atom stereocenters. The molecule has 0 N–H and O–H groups in total. The molecule has 4 fully saturated rings. The van der Waals surface area contributed by atoms with Crippen LogP contribution in [0.4, 0.5) is 8.78 Å². The van der Waals surface area contributed by atoms with E-state index in [0.717, 1.165) is 61.6 Å². The van der Waals surface area contributed by atoms with Gasteiger partial charge in [-0.15, -0.1) is 0 Å². The first-order chi connectivity index (χ1) is 20.3. The SMILES string of the molecule is C.CC(C)C1C(C)CCCC1(F)F.CC(C)C1CCCCC1C.CC(C)C1CCOCC1C.CC(C)C1CS(=O)(=O)CCC1C. The van der Waals surface area contributed by atoms with Crippen LogP contribution in [0.3, 0.4) is 0 Å². The number of ether oxygens (including phenoxy) is 1. The summed E-state index contributed by atoms with van der Waals surface area (Å²) in [6, 6.07) is 0. The Morgan fingerprint density at radius 2 is 1.11 bits per heavy atom. The summed E-state index contributed by atoms with van der Waals surface area (Å²) in [6.07, 6.45) is 9.79. The second-order valence-corrected chi connectivity index (χ2v) is 18.8. The van der Waals surface area contributed by atoms with Crippen LogP contribution in [-0.4, -0.2) is 39.1 Å². The lowest BCUT2D eigenvalue weighted by atomic mass is 9.72. The van der Waals surface area contributed by atoms with E-state index in [2.05, 4.69) is 62.3 Å². The topological polar surface area (TPSA) is 43.4 Å². The van der Waals surface area contributed by atoms with Gasteiger partial charge in [-0.05, 0) is 90.8 Å². The van der Waals surface area contributed by atoms with Gasteiger partial charge in [0.15, 0.2) is 9.84 Å². The summed E-state index contributed by atoms with van der Waals surface area (Å²) in [5.41, 5.74) is 0. The van der Waals surface area contributed by atoms with Crippen molar-refractivity contribution in [3.63, 3.8) is 0 Å². The second kappa shape index (κ2) is 21.0. The van der Waals surface area contributed by atoms with Crippen molar-refractivity contribution in [3.05, 3.63) is 0 Å². The molecule has 0 amide bonds. The minimum Gasteiger partial charge on any atom is -0.381 e. The molecular formula is C39H78F2O3S. The highest BCUT2D eigenvalue weighted by molar-refractivity contribution is 7.91. The number of hydrogen-bond acceptors (Lipinski definition) is 3. The maximum Gasteiger partial charge on any atom is 0.251 e. The first-order valence-corrected chi connectivity index (χ1v) is 20.3. The summed E-state index contributed by atoms with van der Waals surface area (Å²) in [6.45, 7) is 28.2. The number of rotatable bonds is 4. The third-order valence-corrected chi connectivity index (χ3v) is 13.3. The smallest absolute Gasteiger partial charge is 0.251 e. The van der Waals surface area contributed by atoms with E-state index in [-0.39, 0.29) is 25.7 Å². The molecule has 0 aromatic rings. The van der Waals surface area contributed by atoms with Crippen LogP contribution < -0.4 is 0 Å². The van der Waals surface area contributed by atoms with Crippen LogP contribution in [0.15, 0.2) is 0 Å². The molecule has 0 radical (unpaired) electrons. The first-order valence-electron chi connectivity index (χ1n) is 18.5. The minimum atomic E-state index is -2.71. The van der Waals surface area contributed by atoms with Crippen LogP contribution in [0.1, 0.15) is 148 Å². The molecule has 8 unspecified atom stereocenters. The highest BCUT2D eigenvalue weighted by atomic mass is 32.2. The Balaban J connectivity index is 0.000000571. The van der Waals surface area contributed by atoms with Gasteiger partial charge in [-0.1, -0.05) is 116 Å². The first kappa shape index (κ1) is 44.8. The molecule has 0 aromatic carbocycles. The lowest BCUT2D eigenvalue weighted by Gasteiger charge is -2.38. The van der Waals surface area contributed by atoms with Crippen LogP contribution in [-0.2, 0) is 14.6 Å². The van der Waals surface area contributed by atoms with Crippen molar-refractivity contribution >= 4 is 9.84 Å². The van der Waals surface area contributed by atoms with Gasteiger partial charge in [0.2, 0.25) is 0 Å². The molecule has 4 aliphatic rings. The van der Waals surface area contributed by atoms with Crippen LogP contribution in [0.2, 0.25) is 0 Å². The molecule has 0 aromatic heterocycles. The van der Waals surface area contributed by atoms with Crippen LogP contribution >= 0.6 is 0 Å². The van der Waals surface area contributed by atoms with Gasteiger partial charge in [0, 0.05) is 25.6 Å².